The highest BCUT2D eigenvalue weighted by molar-refractivity contribution is 5.78. The molecule has 27 heavy (non-hydrogen) atoms. The van der Waals surface area contributed by atoms with Gasteiger partial charge in [-0.1, -0.05) is 27.7 Å². The maximum absolute atomic E-state index is 6.00. The summed E-state index contributed by atoms with van der Waals surface area (Å²) < 4.78 is 2.04. The molecular weight excluding hydrogens is 336 g/mol. The van der Waals surface area contributed by atoms with E-state index in [-0.39, 0.29) is 0 Å². The Hall–Kier alpha value is -2.34. The molecule has 144 valence electrons. The van der Waals surface area contributed by atoms with Crippen molar-refractivity contribution >= 4 is 11.2 Å². The summed E-state index contributed by atoms with van der Waals surface area (Å²) in [7, 11) is 0. The second kappa shape index (κ2) is 7.72. The Morgan fingerprint density at radius 2 is 1.70 bits per heavy atom. The molecule has 0 aliphatic carbocycles. The molecule has 0 saturated heterocycles. The van der Waals surface area contributed by atoms with Crippen LogP contribution in [0.15, 0.2) is 12.1 Å². The Labute approximate surface area is 161 Å². The monoisotopic (exact) mass is 366 g/mol. The quantitative estimate of drug-likeness (QED) is 0.697. The maximum Gasteiger partial charge on any atom is 0.177 e. The molecule has 0 fully saturated rings. The molecule has 2 N–H and O–H groups in total. The molecule has 0 atom stereocenters. The summed E-state index contributed by atoms with van der Waals surface area (Å²) in [6.45, 7) is 13.0. The van der Waals surface area contributed by atoms with E-state index in [9.17, 15) is 0 Å². The van der Waals surface area contributed by atoms with Crippen LogP contribution in [0.3, 0.4) is 0 Å². The molecule has 0 radical (unpaired) electrons. The summed E-state index contributed by atoms with van der Waals surface area (Å²) in [6.07, 6.45) is 2.04. The maximum atomic E-state index is 6.00. The van der Waals surface area contributed by atoms with Crippen LogP contribution in [-0.4, -0.2) is 24.7 Å². The van der Waals surface area contributed by atoms with Gasteiger partial charge in [-0.2, -0.15) is 5.10 Å². The van der Waals surface area contributed by atoms with Crippen LogP contribution in [0.2, 0.25) is 0 Å². The Balaban J connectivity index is 2.20. The fraction of sp³-hybridized carbons (Fsp3) is 0.524. The molecule has 0 aromatic carbocycles. The number of pyridine rings is 1. The highest BCUT2D eigenvalue weighted by Crippen LogP contribution is 2.29. The van der Waals surface area contributed by atoms with E-state index in [1.807, 2.05) is 18.5 Å². The van der Waals surface area contributed by atoms with Gasteiger partial charge >= 0.3 is 0 Å². The topological polar surface area (TPSA) is 82.5 Å². The molecule has 0 bridgehead atoms. The number of aromatic nitrogens is 5. The number of nitrogens with zero attached hydrogens (tertiary/aromatic N) is 5. The lowest BCUT2D eigenvalue weighted by atomic mass is 10.0. The zero-order valence-corrected chi connectivity index (χ0v) is 17.2. The Morgan fingerprint density at radius 1 is 1.00 bits per heavy atom. The first-order valence-corrected chi connectivity index (χ1v) is 9.84. The first kappa shape index (κ1) is 19.4. The van der Waals surface area contributed by atoms with Gasteiger partial charge in [0.1, 0.15) is 5.52 Å². The van der Waals surface area contributed by atoms with Crippen molar-refractivity contribution in [1.29, 1.82) is 0 Å². The smallest absolute Gasteiger partial charge is 0.177 e. The molecule has 0 spiro atoms. The SMILES string of the molecule is CCC(CC)n1nc(C)c2nc(-c3ccc(C(C)C)nc3CN)c(C)nc21. The van der Waals surface area contributed by atoms with Gasteiger partial charge in [-0.25, -0.2) is 14.6 Å². The molecule has 3 aromatic rings. The summed E-state index contributed by atoms with van der Waals surface area (Å²) >= 11 is 0. The predicted octanol–water partition coefficient (Wildman–Crippen LogP) is 4.45. The van der Waals surface area contributed by atoms with E-state index in [0.717, 1.165) is 58.0 Å². The zero-order chi connectivity index (χ0) is 19.7. The Kier molecular flexibility index (Phi) is 5.56. The molecule has 3 aromatic heterocycles. The molecule has 6 heteroatoms. The molecule has 0 aliphatic rings. The van der Waals surface area contributed by atoms with Crippen LogP contribution in [-0.2, 0) is 6.54 Å². The number of nitrogens with two attached hydrogens (primary N) is 1. The van der Waals surface area contributed by atoms with Crippen LogP contribution < -0.4 is 5.73 Å². The number of aryl methyl sites for hydroxylation is 2. The van der Waals surface area contributed by atoms with Crippen LogP contribution in [0.4, 0.5) is 0 Å². The minimum atomic E-state index is 0.340. The third-order valence-corrected chi connectivity index (χ3v) is 5.19. The van der Waals surface area contributed by atoms with Gasteiger partial charge in [-0.15, -0.1) is 0 Å². The van der Waals surface area contributed by atoms with Crippen molar-refractivity contribution in [3.05, 3.63) is 34.9 Å². The second-order valence-electron chi connectivity index (χ2n) is 7.42. The molecule has 0 aliphatic heterocycles. The molecule has 0 saturated carbocycles. The molecule has 3 rings (SSSR count). The van der Waals surface area contributed by atoms with Crippen molar-refractivity contribution in [1.82, 2.24) is 24.7 Å². The van der Waals surface area contributed by atoms with E-state index in [1.165, 1.54) is 0 Å². The fourth-order valence-corrected chi connectivity index (χ4v) is 3.52. The second-order valence-corrected chi connectivity index (χ2v) is 7.42. The van der Waals surface area contributed by atoms with Gasteiger partial charge in [0.15, 0.2) is 5.65 Å². The van der Waals surface area contributed by atoms with E-state index in [1.54, 1.807) is 0 Å². The summed E-state index contributed by atoms with van der Waals surface area (Å²) in [5.41, 5.74) is 13.2. The predicted molar refractivity (Wildman–Crippen MR) is 110 cm³/mol. The van der Waals surface area contributed by atoms with Crippen molar-refractivity contribution in [3.63, 3.8) is 0 Å². The fourth-order valence-electron chi connectivity index (χ4n) is 3.52. The molecule has 3 heterocycles. The molecular formula is C21H30N6. The first-order chi connectivity index (χ1) is 12.9. The highest BCUT2D eigenvalue weighted by Gasteiger charge is 2.20. The molecule has 0 amide bonds. The van der Waals surface area contributed by atoms with Crippen LogP contribution >= 0.6 is 0 Å². The van der Waals surface area contributed by atoms with Gasteiger partial charge in [0.05, 0.1) is 28.8 Å². The van der Waals surface area contributed by atoms with Crippen LogP contribution in [0.25, 0.3) is 22.4 Å². The van der Waals surface area contributed by atoms with E-state index < -0.39 is 0 Å². The lowest BCUT2D eigenvalue weighted by molar-refractivity contribution is 0.436. The third kappa shape index (κ3) is 3.46. The average molecular weight is 367 g/mol. The van der Waals surface area contributed by atoms with Crippen molar-refractivity contribution < 1.29 is 0 Å². The van der Waals surface area contributed by atoms with Crippen molar-refractivity contribution in [2.75, 3.05) is 0 Å². The zero-order valence-electron chi connectivity index (χ0n) is 17.2. The number of hydrogen-bond acceptors (Lipinski definition) is 5. The van der Waals surface area contributed by atoms with Crippen molar-refractivity contribution in [2.24, 2.45) is 5.73 Å². The number of hydrogen-bond donors (Lipinski definition) is 1. The van der Waals surface area contributed by atoms with E-state index in [4.69, 9.17) is 25.8 Å². The van der Waals surface area contributed by atoms with Gasteiger partial charge in [0.25, 0.3) is 0 Å². The van der Waals surface area contributed by atoms with Crippen molar-refractivity contribution in [2.45, 2.75) is 72.9 Å². The van der Waals surface area contributed by atoms with Gasteiger partial charge in [0.2, 0.25) is 0 Å². The van der Waals surface area contributed by atoms with Gasteiger partial charge in [0, 0.05) is 17.8 Å². The van der Waals surface area contributed by atoms with Crippen molar-refractivity contribution in [3.8, 4) is 11.3 Å². The van der Waals surface area contributed by atoms with Gasteiger partial charge < -0.3 is 5.73 Å². The van der Waals surface area contributed by atoms with Gasteiger partial charge in [-0.05, 0) is 44.7 Å². The summed E-state index contributed by atoms with van der Waals surface area (Å²) in [5, 5.41) is 4.74. The van der Waals surface area contributed by atoms with Crippen LogP contribution in [0.5, 0.6) is 0 Å². The van der Waals surface area contributed by atoms with Crippen LogP contribution in [0, 0.1) is 13.8 Å². The van der Waals surface area contributed by atoms with Crippen LogP contribution in [0.1, 0.15) is 75.3 Å². The standard InChI is InChI=1S/C21H30N6/c1-7-15(8-2)27-21-20(14(6)26-27)25-19(13(5)23-21)16-9-10-17(12(3)4)24-18(16)11-22/h9-10,12,15H,7-8,11,22H2,1-6H3. The largest absolute Gasteiger partial charge is 0.325 e. The summed E-state index contributed by atoms with van der Waals surface area (Å²) in [5.74, 6) is 0.361. The lowest BCUT2D eigenvalue weighted by Gasteiger charge is -2.15. The van der Waals surface area contributed by atoms with E-state index >= 15 is 0 Å². The van der Waals surface area contributed by atoms with E-state index in [0.29, 0.717) is 18.5 Å². The summed E-state index contributed by atoms with van der Waals surface area (Å²) in [6, 6.07) is 4.48. The average Bonchev–Trinajstić information content (AvgIpc) is 2.97. The Bertz CT molecular complexity index is 953. The highest BCUT2D eigenvalue weighted by atomic mass is 15.3. The normalized spacial score (nSPS) is 11.9. The minimum Gasteiger partial charge on any atom is -0.325 e. The number of fused-ring (bicyclic) bond motifs is 1. The van der Waals surface area contributed by atoms with E-state index in [2.05, 4.69) is 39.8 Å². The lowest BCUT2D eigenvalue weighted by Crippen LogP contribution is -2.10. The minimum absolute atomic E-state index is 0.340. The Morgan fingerprint density at radius 3 is 2.30 bits per heavy atom. The molecule has 0 unspecified atom stereocenters. The first-order valence-electron chi connectivity index (χ1n) is 9.84. The van der Waals surface area contributed by atoms with Gasteiger partial charge in [-0.3, -0.25) is 4.98 Å². The third-order valence-electron chi connectivity index (χ3n) is 5.19. The number of rotatable bonds is 6. The molecule has 6 nitrogen and oxygen atoms in total. The summed E-state index contributed by atoms with van der Waals surface area (Å²) in [4.78, 5) is 14.6.